The summed E-state index contributed by atoms with van der Waals surface area (Å²) >= 11 is 0. The number of rotatable bonds is 5. The lowest BCUT2D eigenvalue weighted by molar-refractivity contribution is 0.660. The number of aromatic nitrogens is 4. The van der Waals surface area contributed by atoms with Crippen LogP contribution in [0.25, 0.3) is 116 Å². The largest absolute Gasteiger partial charge is 0.309 e. The van der Waals surface area contributed by atoms with Crippen LogP contribution in [0.3, 0.4) is 0 Å². The van der Waals surface area contributed by atoms with Crippen LogP contribution in [0.1, 0.15) is 25.0 Å². The van der Waals surface area contributed by atoms with Crippen LogP contribution < -0.4 is 0 Å². The van der Waals surface area contributed by atoms with Gasteiger partial charge in [0.25, 0.3) is 0 Å². The van der Waals surface area contributed by atoms with Crippen molar-refractivity contribution >= 4 is 54.1 Å². The Bertz CT molecular complexity index is 3810. The van der Waals surface area contributed by atoms with E-state index in [4.69, 9.17) is 15.0 Å². The predicted octanol–water partition coefficient (Wildman–Crippen LogP) is 15.4. The Kier molecular flexibility index (Phi) is 7.92. The van der Waals surface area contributed by atoms with E-state index in [-0.39, 0.29) is 5.41 Å². The summed E-state index contributed by atoms with van der Waals surface area (Å²) in [6.45, 7) is 4.70. The second kappa shape index (κ2) is 13.9. The fraction of sp³-hybridized carbons (Fsp3) is 0.0500. The fourth-order valence-corrected chi connectivity index (χ4v) is 10.6. The van der Waals surface area contributed by atoms with Crippen LogP contribution in [0, 0.1) is 0 Å². The molecule has 300 valence electrons. The van der Waals surface area contributed by atoms with Crippen molar-refractivity contribution in [3.05, 3.63) is 217 Å². The fourth-order valence-electron chi connectivity index (χ4n) is 10.6. The van der Waals surface area contributed by atoms with Gasteiger partial charge >= 0.3 is 0 Å². The SMILES string of the molecule is CC1(C)c2ccccc2-c2ccc(-c3ccc4c(c3)c3ccccc3n4-c3cc(-c4nc(-c5ccccc5)nc(-c5ccccc5)n4)c4c5ccccc5c5ccccc5c4c3)cc21. The number of benzene rings is 10. The second-order valence-electron chi connectivity index (χ2n) is 17.6. The van der Waals surface area contributed by atoms with E-state index in [1.165, 1.54) is 60.3 Å². The number of para-hydroxylation sites is 1. The molecular formula is C60H40N4. The summed E-state index contributed by atoms with van der Waals surface area (Å²) in [7, 11) is 0. The van der Waals surface area contributed by atoms with Crippen molar-refractivity contribution in [2.24, 2.45) is 0 Å². The summed E-state index contributed by atoms with van der Waals surface area (Å²) in [6, 6.07) is 74.4. The summed E-state index contributed by atoms with van der Waals surface area (Å²) in [4.78, 5) is 15.8. The summed E-state index contributed by atoms with van der Waals surface area (Å²) < 4.78 is 2.43. The van der Waals surface area contributed by atoms with E-state index >= 15 is 0 Å². The molecule has 10 aromatic carbocycles. The molecule has 0 saturated carbocycles. The molecule has 0 spiro atoms. The third kappa shape index (κ3) is 5.45. The summed E-state index contributed by atoms with van der Waals surface area (Å²) in [5, 5.41) is 9.43. The van der Waals surface area contributed by atoms with Gasteiger partial charge in [-0.15, -0.1) is 0 Å². The molecule has 1 aliphatic rings. The highest BCUT2D eigenvalue weighted by atomic mass is 15.0. The van der Waals surface area contributed by atoms with Crippen molar-refractivity contribution in [3.63, 3.8) is 0 Å². The third-order valence-electron chi connectivity index (χ3n) is 13.6. The average Bonchev–Trinajstić information content (AvgIpc) is 3.81. The summed E-state index contributed by atoms with van der Waals surface area (Å²) in [5.41, 5.74) is 13.9. The number of nitrogens with zero attached hydrogens (tertiary/aromatic N) is 4. The van der Waals surface area contributed by atoms with Gasteiger partial charge in [-0.25, -0.2) is 15.0 Å². The maximum absolute atomic E-state index is 5.35. The van der Waals surface area contributed by atoms with Crippen LogP contribution in [0.15, 0.2) is 206 Å². The van der Waals surface area contributed by atoms with E-state index in [0.717, 1.165) is 49.6 Å². The van der Waals surface area contributed by atoms with Gasteiger partial charge in [-0.2, -0.15) is 0 Å². The highest BCUT2D eigenvalue weighted by Gasteiger charge is 2.35. The van der Waals surface area contributed by atoms with Crippen LogP contribution in [-0.2, 0) is 5.41 Å². The van der Waals surface area contributed by atoms with Crippen molar-refractivity contribution in [3.8, 4) is 62.1 Å². The topological polar surface area (TPSA) is 43.6 Å². The van der Waals surface area contributed by atoms with E-state index < -0.39 is 0 Å². The Labute approximate surface area is 370 Å². The van der Waals surface area contributed by atoms with Crippen molar-refractivity contribution < 1.29 is 0 Å². The smallest absolute Gasteiger partial charge is 0.164 e. The van der Waals surface area contributed by atoms with Crippen LogP contribution in [-0.4, -0.2) is 19.5 Å². The Balaban J connectivity index is 1.09. The van der Waals surface area contributed by atoms with Crippen molar-refractivity contribution in [2.75, 3.05) is 0 Å². The van der Waals surface area contributed by atoms with Crippen LogP contribution >= 0.6 is 0 Å². The molecule has 0 atom stereocenters. The number of fused-ring (bicyclic) bond motifs is 12. The monoisotopic (exact) mass is 816 g/mol. The molecule has 0 aliphatic heterocycles. The molecule has 0 saturated heterocycles. The molecule has 2 aromatic heterocycles. The van der Waals surface area contributed by atoms with Gasteiger partial charge in [0, 0.05) is 44.0 Å². The summed E-state index contributed by atoms with van der Waals surface area (Å²) in [5.74, 6) is 1.90. The van der Waals surface area contributed by atoms with Crippen LogP contribution in [0.5, 0.6) is 0 Å². The second-order valence-corrected chi connectivity index (χ2v) is 17.6. The van der Waals surface area contributed by atoms with Gasteiger partial charge in [-0.3, -0.25) is 0 Å². The molecule has 12 aromatic rings. The van der Waals surface area contributed by atoms with E-state index in [1.807, 2.05) is 36.4 Å². The van der Waals surface area contributed by atoms with Crippen molar-refractivity contribution in [2.45, 2.75) is 19.3 Å². The Morgan fingerprint density at radius 1 is 0.328 bits per heavy atom. The Hall–Kier alpha value is -8.21. The molecule has 4 nitrogen and oxygen atoms in total. The molecule has 2 heterocycles. The molecule has 0 amide bonds. The van der Waals surface area contributed by atoms with Crippen molar-refractivity contribution in [1.82, 2.24) is 19.5 Å². The predicted molar refractivity (Wildman–Crippen MR) is 266 cm³/mol. The molecule has 0 N–H and O–H groups in total. The molecular weight excluding hydrogens is 777 g/mol. The highest BCUT2D eigenvalue weighted by molar-refractivity contribution is 6.28. The zero-order valence-corrected chi connectivity index (χ0v) is 35.4. The standard InChI is InChI=1S/C60H40N4/c1-60(2)52-27-15-13-24-45(52)46-31-29-40(34-53(46)60)39-30-32-55-49(33-39)47-25-14-16-28-54(47)64(55)41-35-50-44-23-10-9-21-42(44)43-22-11-12-26-48(43)56(50)51(36-41)59-62-57(37-17-5-3-6-18-37)61-58(63-59)38-19-7-4-8-20-38/h3-36H,1-2H3. The first-order valence-electron chi connectivity index (χ1n) is 22.0. The zero-order chi connectivity index (χ0) is 42.5. The quantitative estimate of drug-likeness (QED) is 0.163. The van der Waals surface area contributed by atoms with Crippen LogP contribution in [0.4, 0.5) is 0 Å². The maximum atomic E-state index is 5.35. The van der Waals surface area contributed by atoms with E-state index in [9.17, 15) is 0 Å². The van der Waals surface area contributed by atoms with Gasteiger partial charge in [-0.1, -0.05) is 184 Å². The first kappa shape index (κ1) is 36.4. The van der Waals surface area contributed by atoms with Gasteiger partial charge in [0.15, 0.2) is 17.5 Å². The first-order chi connectivity index (χ1) is 31.5. The molecule has 1 aliphatic carbocycles. The third-order valence-corrected chi connectivity index (χ3v) is 13.6. The Morgan fingerprint density at radius 2 is 0.844 bits per heavy atom. The van der Waals surface area contributed by atoms with E-state index in [0.29, 0.717) is 17.5 Å². The molecule has 64 heavy (non-hydrogen) atoms. The molecule has 4 heteroatoms. The van der Waals surface area contributed by atoms with Gasteiger partial charge in [-0.05, 0) is 96.7 Å². The minimum absolute atomic E-state index is 0.0758. The highest BCUT2D eigenvalue weighted by Crippen LogP contribution is 2.50. The average molecular weight is 817 g/mol. The zero-order valence-electron chi connectivity index (χ0n) is 35.4. The first-order valence-corrected chi connectivity index (χ1v) is 22.0. The van der Waals surface area contributed by atoms with E-state index in [2.05, 4.69) is 188 Å². The van der Waals surface area contributed by atoms with Gasteiger partial charge in [0.2, 0.25) is 0 Å². The van der Waals surface area contributed by atoms with Crippen molar-refractivity contribution in [1.29, 1.82) is 0 Å². The molecule has 0 fully saturated rings. The van der Waals surface area contributed by atoms with Gasteiger partial charge < -0.3 is 4.57 Å². The molecule has 13 rings (SSSR count). The van der Waals surface area contributed by atoms with E-state index in [1.54, 1.807) is 0 Å². The molecule has 0 radical (unpaired) electrons. The number of hydrogen-bond acceptors (Lipinski definition) is 3. The van der Waals surface area contributed by atoms with Crippen LogP contribution in [0.2, 0.25) is 0 Å². The Morgan fingerprint density at radius 3 is 1.56 bits per heavy atom. The lowest BCUT2D eigenvalue weighted by Gasteiger charge is -2.22. The lowest BCUT2D eigenvalue weighted by Crippen LogP contribution is -2.14. The number of hydrogen-bond donors (Lipinski definition) is 0. The van der Waals surface area contributed by atoms with Gasteiger partial charge in [0.05, 0.1) is 11.0 Å². The normalized spacial score (nSPS) is 13.0. The molecule has 0 unspecified atom stereocenters. The minimum atomic E-state index is -0.0758. The minimum Gasteiger partial charge on any atom is -0.309 e. The maximum Gasteiger partial charge on any atom is 0.164 e. The molecule has 0 bridgehead atoms. The lowest BCUT2D eigenvalue weighted by atomic mass is 9.81. The summed E-state index contributed by atoms with van der Waals surface area (Å²) in [6.07, 6.45) is 0. The van der Waals surface area contributed by atoms with Gasteiger partial charge in [0.1, 0.15) is 0 Å².